The Hall–Kier alpha value is -3.52. The highest BCUT2D eigenvalue weighted by Crippen LogP contribution is 2.32. The Morgan fingerprint density at radius 3 is 2.67 bits per heavy atom. The van der Waals surface area contributed by atoms with Crippen LogP contribution in [0.25, 0.3) is 0 Å². The summed E-state index contributed by atoms with van der Waals surface area (Å²) in [5.41, 5.74) is 2.04. The van der Waals surface area contributed by atoms with Gasteiger partial charge in [0, 0.05) is 24.5 Å². The van der Waals surface area contributed by atoms with E-state index in [0.717, 1.165) is 11.6 Å². The topological polar surface area (TPSA) is 82.9 Å². The lowest BCUT2D eigenvalue weighted by Gasteiger charge is -2.27. The minimum atomic E-state index is -3.80. The summed E-state index contributed by atoms with van der Waals surface area (Å²) in [7, 11) is -3.80. The van der Waals surface area contributed by atoms with Crippen molar-refractivity contribution in [1.29, 1.82) is 0 Å². The van der Waals surface area contributed by atoms with Gasteiger partial charge in [-0.3, -0.25) is 9.10 Å². The van der Waals surface area contributed by atoms with Crippen molar-refractivity contribution in [3.05, 3.63) is 91.0 Å². The van der Waals surface area contributed by atoms with Gasteiger partial charge < -0.3 is 14.6 Å². The van der Waals surface area contributed by atoms with Crippen molar-refractivity contribution < 1.29 is 17.6 Å². The molecule has 0 bridgehead atoms. The lowest BCUT2D eigenvalue weighted by Crippen LogP contribution is -2.35. The monoisotopic (exact) mass is 423 g/mol. The number of sulfonamides is 1. The van der Waals surface area contributed by atoms with Crippen molar-refractivity contribution in [1.82, 2.24) is 4.31 Å². The second-order valence-electron chi connectivity index (χ2n) is 6.78. The molecule has 0 radical (unpaired) electrons. The van der Waals surface area contributed by atoms with E-state index in [4.69, 9.17) is 4.42 Å². The highest BCUT2D eigenvalue weighted by Gasteiger charge is 2.31. The van der Waals surface area contributed by atoms with Crippen molar-refractivity contribution >= 4 is 27.5 Å². The molecule has 0 spiro atoms. The van der Waals surface area contributed by atoms with E-state index >= 15 is 0 Å². The zero-order chi connectivity index (χ0) is 21.1. The quantitative estimate of drug-likeness (QED) is 0.743. The number of allylic oxidation sites excluding steroid dienone is 4. The van der Waals surface area contributed by atoms with Crippen LogP contribution < -0.4 is 10.2 Å². The molecule has 0 saturated carbocycles. The van der Waals surface area contributed by atoms with Crippen molar-refractivity contribution in [2.75, 3.05) is 23.3 Å². The van der Waals surface area contributed by atoms with Gasteiger partial charge in [-0.2, -0.15) is 0 Å². The summed E-state index contributed by atoms with van der Waals surface area (Å²) >= 11 is 0. The maximum atomic E-state index is 13.5. The Kier molecular flexibility index (Phi) is 5.33. The van der Waals surface area contributed by atoms with Gasteiger partial charge in [0.2, 0.25) is 5.91 Å². The SMILES string of the molecule is C=CC(=O)Nc1ccc(S(=O)(=O)N2CCN(c3ccco3)C=C3CC=CC=C32)cc1. The van der Waals surface area contributed by atoms with Crippen LogP contribution in [0.3, 0.4) is 0 Å². The minimum absolute atomic E-state index is 0.153. The van der Waals surface area contributed by atoms with Gasteiger partial charge in [-0.15, -0.1) is 0 Å². The molecule has 1 aliphatic heterocycles. The molecule has 30 heavy (non-hydrogen) atoms. The molecule has 0 unspecified atom stereocenters. The number of amides is 1. The summed E-state index contributed by atoms with van der Waals surface area (Å²) in [5.74, 6) is 0.308. The van der Waals surface area contributed by atoms with Crippen LogP contribution in [0.2, 0.25) is 0 Å². The summed E-state index contributed by atoms with van der Waals surface area (Å²) in [4.78, 5) is 13.5. The van der Waals surface area contributed by atoms with E-state index in [0.29, 0.717) is 30.2 Å². The number of carbonyl (C=O) groups excluding carboxylic acids is 1. The Balaban J connectivity index is 1.66. The van der Waals surface area contributed by atoms with Crippen LogP contribution in [0.1, 0.15) is 6.42 Å². The molecule has 1 aliphatic carbocycles. The van der Waals surface area contributed by atoms with E-state index in [1.807, 2.05) is 35.4 Å². The van der Waals surface area contributed by atoms with Crippen molar-refractivity contribution in [2.45, 2.75) is 11.3 Å². The first-order chi connectivity index (χ1) is 14.5. The van der Waals surface area contributed by atoms with Crippen LogP contribution in [0.15, 0.2) is 100 Å². The van der Waals surface area contributed by atoms with Crippen LogP contribution in [-0.4, -0.2) is 31.7 Å². The van der Waals surface area contributed by atoms with Crippen LogP contribution in [0, 0.1) is 0 Å². The zero-order valence-electron chi connectivity index (χ0n) is 16.2. The first kappa shape index (κ1) is 19.8. The maximum absolute atomic E-state index is 13.5. The number of nitrogens with zero attached hydrogens (tertiary/aromatic N) is 2. The Labute approximate surface area is 175 Å². The normalized spacial score (nSPS) is 16.3. The number of hydrogen-bond acceptors (Lipinski definition) is 5. The van der Waals surface area contributed by atoms with E-state index in [1.54, 1.807) is 24.5 Å². The van der Waals surface area contributed by atoms with Crippen LogP contribution >= 0.6 is 0 Å². The lowest BCUT2D eigenvalue weighted by atomic mass is 10.1. The number of fused-ring (bicyclic) bond motifs is 1. The fraction of sp³-hybridized carbons (Fsp3) is 0.136. The summed E-state index contributed by atoms with van der Waals surface area (Å²) in [6, 6.07) is 9.76. The fourth-order valence-corrected chi connectivity index (χ4v) is 4.88. The number of nitrogens with one attached hydrogen (secondary N) is 1. The Morgan fingerprint density at radius 2 is 1.97 bits per heavy atom. The highest BCUT2D eigenvalue weighted by molar-refractivity contribution is 7.89. The lowest BCUT2D eigenvalue weighted by molar-refractivity contribution is -0.111. The average Bonchev–Trinajstić information content (AvgIpc) is 3.21. The first-order valence-corrected chi connectivity index (χ1v) is 10.9. The molecule has 2 heterocycles. The smallest absolute Gasteiger partial charge is 0.264 e. The molecule has 1 amide bonds. The number of anilines is 2. The number of hydrogen-bond donors (Lipinski definition) is 1. The van der Waals surface area contributed by atoms with E-state index in [2.05, 4.69) is 11.9 Å². The minimum Gasteiger partial charge on any atom is -0.448 e. The predicted octanol–water partition coefficient (Wildman–Crippen LogP) is 3.64. The second-order valence-corrected chi connectivity index (χ2v) is 8.64. The van der Waals surface area contributed by atoms with Gasteiger partial charge >= 0.3 is 0 Å². The van der Waals surface area contributed by atoms with Gasteiger partial charge in [0.05, 0.1) is 23.4 Å². The van der Waals surface area contributed by atoms with Crippen molar-refractivity contribution in [3.8, 4) is 0 Å². The van der Waals surface area contributed by atoms with E-state index in [9.17, 15) is 13.2 Å². The van der Waals surface area contributed by atoms with Crippen LogP contribution in [0.4, 0.5) is 11.6 Å². The molecule has 8 heteroatoms. The molecule has 0 fully saturated rings. The predicted molar refractivity (Wildman–Crippen MR) is 115 cm³/mol. The van der Waals surface area contributed by atoms with Crippen molar-refractivity contribution in [2.24, 2.45) is 0 Å². The third kappa shape index (κ3) is 3.81. The van der Waals surface area contributed by atoms with Crippen LogP contribution in [-0.2, 0) is 14.8 Å². The molecule has 1 aromatic carbocycles. The summed E-state index contributed by atoms with van der Waals surface area (Å²) in [5, 5.41) is 2.61. The molecule has 2 aromatic rings. The number of carbonyl (C=O) groups is 1. The molecule has 4 rings (SSSR count). The van der Waals surface area contributed by atoms with E-state index < -0.39 is 10.0 Å². The number of furan rings is 1. The molecule has 1 aromatic heterocycles. The molecule has 1 N–H and O–H groups in total. The third-order valence-electron chi connectivity index (χ3n) is 4.87. The molecule has 154 valence electrons. The van der Waals surface area contributed by atoms with E-state index in [-0.39, 0.29) is 17.3 Å². The molecule has 7 nitrogen and oxygen atoms in total. The van der Waals surface area contributed by atoms with Crippen LogP contribution in [0.5, 0.6) is 0 Å². The van der Waals surface area contributed by atoms with Gasteiger partial charge in [0.25, 0.3) is 10.0 Å². The standard InChI is InChI=1S/C22H21N3O4S/c1-2-21(26)23-18-9-11-19(12-10-18)30(27,28)25-14-13-24(22-8-5-15-29-22)16-17-6-3-4-7-20(17)25/h2-5,7-12,15-16H,1,6,13-14H2,(H,23,26). The van der Waals surface area contributed by atoms with E-state index in [1.165, 1.54) is 16.4 Å². The molecule has 2 aliphatic rings. The number of rotatable bonds is 5. The third-order valence-corrected chi connectivity index (χ3v) is 6.69. The largest absolute Gasteiger partial charge is 0.448 e. The van der Waals surface area contributed by atoms with Gasteiger partial charge in [0.1, 0.15) is 0 Å². The van der Waals surface area contributed by atoms with Gasteiger partial charge in [0.15, 0.2) is 5.88 Å². The average molecular weight is 423 g/mol. The number of benzene rings is 1. The molecular weight excluding hydrogens is 402 g/mol. The van der Waals surface area contributed by atoms with Crippen molar-refractivity contribution in [3.63, 3.8) is 0 Å². The summed E-state index contributed by atoms with van der Waals surface area (Å²) in [6.07, 6.45) is 11.0. The van der Waals surface area contributed by atoms with Gasteiger partial charge in [-0.25, -0.2) is 8.42 Å². The Morgan fingerprint density at radius 1 is 1.17 bits per heavy atom. The maximum Gasteiger partial charge on any atom is 0.264 e. The Bertz CT molecular complexity index is 1140. The van der Waals surface area contributed by atoms with Gasteiger partial charge in [-0.1, -0.05) is 18.7 Å². The summed E-state index contributed by atoms with van der Waals surface area (Å²) < 4.78 is 33.9. The van der Waals surface area contributed by atoms with Gasteiger partial charge in [-0.05, 0) is 54.5 Å². The zero-order valence-corrected chi connectivity index (χ0v) is 17.0. The highest BCUT2D eigenvalue weighted by atomic mass is 32.2. The molecule has 0 saturated heterocycles. The first-order valence-electron chi connectivity index (χ1n) is 9.43. The fourth-order valence-electron chi connectivity index (χ4n) is 3.39. The molecular formula is C22H21N3O4S. The summed E-state index contributed by atoms with van der Waals surface area (Å²) in [6.45, 7) is 4.11. The molecule has 0 atom stereocenters. The second kappa shape index (κ2) is 8.08.